The Balaban J connectivity index is 1.77. The van der Waals surface area contributed by atoms with Crippen molar-refractivity contribution in [2.75, 3.05) is 32.7 Å². The van der Waals surface area contributed by atoms with Gasteiger partial charge in [-0.2, -0.15) is 0 Å². The molecular formula is C16H24N4. The monoisotopic (exact) mass is 272 g/mol. The minimum Gasteiger partial charge on any atom is -0.302 e. The standard InChI is InChI=1S/C16H24N4/c1-3-18-8-6-9-19(12-11-18)13-15-14(2)17-16-7-4-5-10-20(15)16/h4-5,7,10H,3,6,8-9,11-13H2,1-2H3. The van der Waals surface area contributed by atoms with Gasteiger partial charge in [0.25, 0.3) is 0 Å². The van der Waals surface area contributed by atoms with Crippen LogP contribution in [0.25, 0.3) is 5.65 Å². The molecule has 0 saturated carbocycles. The van der Waals surface area contributed by atoms with E-state index in [0.717, 1.165) is 24.4 Å². The van der Waals surface area contributed by atoms with Crippen molar-refractivity contribution in [3.63, 3.8) is 0 Å². The van der Waals surface area contributed by atoms with Gasteiger partial charge in [-0.3, -0.25) is 4.90 Å². The number of pyridine rings is 1. The molecule has 1 fully saturated rings. The molecule has 0 spiro atoms. The van der Waals surface area contributed by atoms with E-state index < -0.39 is 0 Å². The van der Waals surface area contributed by atoms with Crippen molar-refractivity contribution in [2.24, 2.45) is 0 Å². The van der Waals surface area contributed by atoms with Gasteiger partial charge in [0, 0.05) is 25.8 Å². The van der Waals surface area contributed by atoms with Crippen molar-refractivity contribution in [3.8, 4) is 0 Å². The first-order valence-electron chi connectivity index (χ1n) is 7.65. The number of hydrogen-bond donors (Lipinski definition) is 0. The molecule has 0 atom stereocenters. The van der Waals surface area contributed by atoms with E-state index in [1.54, 1.807) is 0 Å². The van der Waals surface area contributed by atoms with Gasteiger partial charge in [-0.05, 0) is 45.1 Å². The summed E-state index contributed by atoms with van der Waals surface area (Å²) in [5, 5.41) is 0. The Morgan fingerprint density at radius 3 is 2.75 bits per heavy atom. The Labute approximate surface area is 121 Å². The van der Waals surface area contributed by atoms with E-state index in [1.807, 2.05) is 0 Å². The van der Waals surface area contributed by atoms with Gasteiger partial charge in [-0.25, -0.2) is 4.98 Å². The predicted octanol–water partition coefficient (Wildman–Crippen LogP) is 2.17. The normalized spacial score (nSPS) is 18.5. The van der Waals surface area contributed by atoms with Crippen LogP contribution < -0.4 is 0 Å². The average molecular weight is 272 g/mol. The lowest BCUT2D eigenvalue weighted by atomic mass is 10.3. The molecule has 3 heterocycles. The first-order chi connectivity index (χ1) is 9.78. The summed E-state index contributed by atoms with van der Waals surface area (Å²) < 4.78 is 2.23. The molecule has 4 heteroatoms. The molecule has 20 heavy (non-hydrogen) atoms. The summed E-state index contributed by atoms with van der Waals surface area (Å²) >= 11 is 0. The van der Waals surface area contributed by atoms with Crippen LogP contribution in [0.1, 0.15) is 24.7 Å². The van der Waals surface area contributed by atoms with Crippen LogP contribution in [0.15, 0.2) is 24.4 Å². The van der Waals surface area contributed by atoms with E-state index in [9.17, 15) is 0 Å². The summed E-state index contributed by atoms with van der Waals surface area (Å²) in [6, 6.07) is 6.22. The third-order valence-electron chi connectivity index (χ3n) is 4.33. The van der Waals surface area contributed by atoms with Crippen LogP contribution in [0.5, 0.6) is 0 Å². The number of aryl methyl sites for hydroxylation is 1. The van der Waals surface area contributed by atoms with Gasteiger partial charge in [0.05, 0.1) is 11.4 Å². The largest absolute Gasteiger partial charge is 0.302 e. The molecule has 108 valence electrons. The highest BCUT2D eigenvalue weighted by atomic mass is 15.2. The van der Waals surface area contributed by atoms with Crippen LogP contribution in [-0.4, -0.2) is 51.9 Å². The van der Waals surface area contributed by atoms with E-state index in [1.165, 1.54) is 38.3 Å². The van der Waals surface area contributed by atoms with Crippen molar-refractivity contribution in [3.05, 3.63) is 35.8 Å². The second-order valence-electron chi connectivity index (χ2n) is 5.64. The molecule has 3 rings (SSSR count). The number of nitrogens with zero attached hydrogens (tertiary/aromatic N) is 4. The van der Waals surface area contributed by atoms with Gasteiger partial charge in [0.2, 0.25) is 0 Å². The fraction of sp³-hybridized carbons (Fsp3) is 0.562. The van der Waals surface area contributed by atoms with Crippen LogP contribution in [0.3, 0.4) is 0 Å². The zero-order valence-electron chi connectivity index (χ0n) is 12.5. The van der Waals surface area contributed by atoms with Gasteiger partial charge in [-0.1, -0.05) is 13.0 Å². The minimum absolute atomic E-state index is 1.01. The van der Waals surface area contributed by atoms with Crippen molar-refractivity contribution in [2.45, 2.75) is 26.8 Å². The maximum Gasteiger partial charge on any atom is 0.137 e. The number of fused-ring (bicyclic) bond motifs is 1. The summed E-state index contributed by atoms with van der Waals surface area (Å²) in [7, 11) is 0. The average Bonchev–Trinajstić information content (AvgIpc) is 2.64. The minimum atomic E-state index is 1.01. The second-order valence-corrected chi connectivity index (χ2v) is 5.64. The highest BCUT2D eigenvalue weighted by Gasteiger charge is 2.16. The molecule has 2 aromatic heterocycles. The fourth-order valence-corrected chi connectivity index (χ4v) is 3.07. The Bertz CT molecular complexity index is 575. The molecular weight excluding hydrogens is 248 g/mol. The van der Waals surface area contributed by atoms with Gasteiger partial charge in [0.1, 0.15) is 5.65 Å². The van der Waals surface area contributed by atoms with Crippen molar-refractivity contribution < 1.29 is 0 Å². The summed E-state index contributed by atoms with van der Waals surface area (Å²) in [6.07, 6.45) is 3.39. The summed E-state index contributed by atoms with van der Waals surface area (Å²) in [4.78, 5) is 9.77. The Hall–Kier alpha value is -1.39. The molecule has 0 unspecified atom stereocenters. The van der Waals surface area contributed by atoms with Crippen LogP contribution in [-0.2, 0) is 6.54 Å². The van der Waals surface area contributed by atoms with E-state index in [-0.39, 0.29) is 0 Å². The number of likely N-dealkylation sites (N-methyl/N-ethyl adjacent to an activating group) is 1. The molecule has 0 bridgehead atoms. The number of hydrogen-bond acceptors (Lipinski definition) is 3. The molecule has 4 nitrogen and oxygen atoms in total. The number of imidazole rings is 1. The molecule has 1 aliphatic heterocycles. The second kappa shape index (κ2) is 5.94. The smallest absolute Gasteiger partial charge is 0.137 e. The molecule has 2 aromatic rings. The first-order valence-corrected chi connectivity index (χ1v) is 7.65. The van der Waals surface area contributed by atoms with Gasteiger partial charge in [0.15, 0.2) is 0 Å². The van der Waals surface area contributed by atoms with Crippen LogP contribution in [0.2, 0.25) is 0 Å². The van der Waals surface area contributed by atoms with Crippen molar-refractivity contribution in [1.82, 2.24) is 19.2 Å². The molecule has 0 radical (unpaired) electrons. The topological polar surface area (TPSA) is 23.8 Å². The molecule has 0 aromatic carbocycles. The molecule has 1 aliphatic rings. The van der Waals surface area contributed by atoms with Gasteiger partial charge < -0.3 is 9.30 Å². The first kappa shape index (κ1) is 13.6. The SMILES string of the molecule is CCN1CCCN(Cc2c(C)nc3ccccn23)CC1. The molecule has 0 amide bonds. The highest BCUT2D eigenvalue weighted by molar-refractivity contribution is 5.42. The Morgan fingerprint density at radius 2 is 1.90 bits per heavy atom. The van der Waals surface area contributed by atoms with E-state index in [2.05, 4.69) is 57.4 Å². The quantitative estimate of drug-likeness (QED) is 0.855. The third-order valence-corrected chi connectivity index (χ3v) is 4.33. The lowest BCUT2D eigenvalue weighted by Gasteiger charge is -2.21. The van der Waals surface area contributed by atoms with Gasteiger partial charge >= 0.3 is 0 Å². The van der Waals surface area contributed by atoms with Crippen LogP contribution in [0, 0.1) is 6.92 Å². The highest BCUT2D eigenvalue weighted by Crippen LogP contribution is 2.15. The maximum atomic E-state index is 4.66. The van der Waals surface area contributed by atoms with Crippen LogP contribution in [0.4, 0.5) is 0 Å². The molecule has 0 N–H and O–H groups in total. The Kier molecular flexibility index (Phi) is 4.03. The van der Waals surface area contributed by atoms with Gasteiger partial charge in [-0.15, -0.1) is 0 Å². The lowest BCUT2D eigenvalue weighted by molar-refractivity contribution is 0.254. The fourth-order valence-electron chi connectivity index (χ4n) is 3.07. The van der Waals surface area contributed by atoms with E-state index in [4.69, 9.17) is 0 Å². The third kappa shape index (κ3) is 2.72. The van der Waals surface area contributed by atoms with Crippen molar-refractivity contribution >= 4 is 5.65 Å². The van der Waals surface area contributed by atoms with Crippen LogP contribution >= 0.6 is 0 Å². The predicted molar refractivity (Wildman–Crippen MR) is 81.9 cm³/mol. The zero-order chi connectivity index (χ0) is 13.9. The maximum absolute atomic E-state index is 4.66. The summed E-state index contributed by atoms with van der Waals surface area (Å²) in [5.74, 6) is 0. The lowest BCUT2D eigenvalue weighted by Crippen LogP contribution is -2.30. The molecule has 1 saturated heterocycles. The van der Waals surface area contributed by atoms with Crippen molar-refractivity contribution in [1.29, 1.82) is 0 Å². The van der Waals surface area contributed by atoms with E-state index >= 15 is 0 Å². The Morgan fingerprint density at radius 1 is 1.10 bits per heavy atom. The summed E-state index contributed by atoms with van der Waals surface area (Å²) in [6.45, 7) is 11.3. The number of rotatable bonds is 3. The van der Waals surface area contributed by atoms with E-state index in [0.29, 0.717) is 0 Å². The zero-order valence-corrected chi connectivity index (χ0v) is 12.5. The number of aromatic nitrogens is 2. The molecule has 0 aliphatic carbocycles. The summed E-state index contributed by atoms with van der Waals surface area (Å²) in [5.41, 5.74) is 3.56.